The summed E-state index contributed by atoms with van der Waals surface area (Å²) < 4.78 is 49.3. The van der Waals surface area contributed by atoms with Gasteiger partial charge in [-0.3, -0.25) is 4.79 Å². The molecule has 2 aliphatic rings. The van der Waals surface area contributed by atoms with Crippen molar-refractivity contribution in [2.24, 2.45) is 0 Å². The van der Waals surface area contributed by atoms with Crippen molar-refractivity contribution >= 4 is 12.0 Å². The van der Waals surface area contributed by atoms with Crippen LogP contribution in [0.5, 0.6) is 5.75 Å². The average Bonchev–Trinajstić information content (AvgIpc) is 3.23. The number of ether oxygens (including phenoxy) is 1. The van der Waals surface area contributed by atoms with Gasteiger partial charge in [0.25, 0.3) is 5.91 Å². The van der Waals surface area contributed by atoms with Crippen LogP contribution < -0.4 is 4.74 Å². The molecular formula is C28H28F3N3O3. The van der Waals surface area contributed by atoms with E-state index in [-0.39, 0.29) is 23.9 Å². The number of hydrogen-bond acceptors (Lipinski definition) is 4. The smallest absolute Gasteiger partial charge is 0.250 e. The second-order valence-corrected chi connectivity index (χ2v) is 9.71. The molecule has 1 aromatic heterocycles. The van der Waals surface area contributed by atoms with Crippen molar-refractivity contribution in [2.45, 2.75) is 57.2 Å². The summed E-state index contributed by atoms with van der Waals surface area (Å²) in [4.78, 5) is 19.6. The van der Waals surface area contributed by atoms with Crippen molar-refractivity contribution in [3.63, 3.8) is 0 Å². The van der Waals surface area contributed by atoms with E-state index >= 15 is 0 Å². The first-order valence-electron chi connectivity index (χ1n) is 12.3. The number of piperidine rings is 1. The molecule has 5 rings (SSSR count). The Hall–Kier alpha value is -3.59. The predicted octanol–water partition coefficient (Wildman–Crippen LogP) is 5.27. The van der Waals surface area contributed by atoms with Crippen LogP contribution in [0.25, 0.3) is 11.8 Å². The van der Waals surface area contributed by atoms with Crippen LogP contribution in [-0.4, -0.2) is 44.7 Å². The quantitative estimate of drug-likeness (QED) is 0.383. The molecule has 1 unspecified atom stereocenters. The van der Waals surface area contributed by atoms with Gasteiger partial charge in [-0.2, -0.15) is 0 Å². The molecule has 2 aliphatic heterocycles. The minimum Gasteiger partial charge on any atom is -0.495 e. The second kappa shape index (κ2) is 10.0. The van der Waals surface area contributed by atoms with Crippen molar-refractivity contribution in [3.05, 3.63) is 82.7 Å². The number of rotatable bonds is 4. The van der Waals surface area contributed by atoms with E-state index in [0.717, 1.165) is 29.1 Å². The third-order valence-electron chi connectivity index (χ3n) is 7.24. The van der Waals surface area contributed by atoms with E-state index in [1.165, 1.54) is 0 Å². The molecule has 0 bridgehead atoms. The lowest BCUT2D eigenvalue weighted by atomic mass is 9.90. The van der Waals surface area contributed by atoms with Gasteiger partial charge in [0, 0.05) is 17.8 Å². The maximum absolute atomic E-state index is 14.1. The summed E-state index contributed by atoms with van der Waals surface area (Å²) in [6.07, 6.45) is 6.99. The Kier molecular flexibility index (Phi) is 6.81. The van der Waals surface area contributed by atoms with Gasteiger partial charge in [0.05, 0.1) is 37.0 Å². The Bertz CT molecular complexity index is 1350. The van der Waals surface area contributed by atoms with Crippen molar-refractivity contribution in [1.29, 1.82) is 0 Å². The zero-order chi connectivity index (χ0) is 26.3. The Labute approximate surface area is 213 Å². The number of imidazole rings is 1. The van der Waals surface area contributed by atoms with Crippen LogP contribution in [0.1, 0.15) is 55.0 Å². The number of carbonyl (C=O) groups is 1. The first-order valence-corrected chi connectivity index (χ1v) is 12.3. The van der Waals surface area contributed by atoms with Crippen molar-refractivity contribution < 1.29 is 27.8 Å². The zero-order valence-electron chi connectivity index (χ0n) is 20.6. The summed E-state index contributed by atoms with van der Waals surface area (Å²) in [5.41, 5.74) is 3.13. The summed E-state index contributed by atoms with van der Waals surface area (Å²) in [5.74, 6) is -3.82. The number of fused-ring (bicyclic) bond motifs is 1. The van der Waals surface area contributed by atoms with Crippen LogP contribution in [0.15, 0.2) is 48.4 Å². The molecule has 1 N–H and O–H groups in total. The minimum absolute atomic E-state index is 0.118. The summed E-state index contributed by atoms with van der Waals surface area (Å²) in [6, 6.07) is 6.49. The zero-order valence-corrected chi connectivity index (χ0v) is 20.6. The number of aryl methyl sites for hydroxylation is 1. The molecule has 194 valence electrons. The van der Waals surface area contributed by atoms with E-state index in [4.69, 9.17) is 4.74 Å². The molecule has 37 heavy (non-hydrogen) atoms. The molecular weight excluding hydrogens is 483 g/mol. The van der Waals surface area contributed by atoms with Gasteiger partial charge < -0.3 is 19.3 Å². The Morgan fingerprint density at radius 2 is 1.86 bits per heavy atom. The molecule has 1 amide bonds. The number of benzene rings is 2. The number of hydrogen-bond donors (Lipinski definition) is 1. The maximum Gasteiger partial charge on any atom is 0.250 e. The number of amides is 1. The van der Waals surface area contributed by atoms with Crippen LogP contribution in [0.4, 0.5) is 13.2 Å². The molecule has 2 fully saturated rings. The fourth-order valence-electron chi connectivity index (χ4n) is 5.40. The van der Waals surface area contributed by atoms with E-state index in [1.54, 1.807) is 24.4 Å². The number of aliphatic hydroxyl groups is 1. The molecule has 0 aliphatic carbocycles. The maximum atomic E-state index is 14.1. The van der Waals surface area contributed by atoms with Crippen LogP contribution >= 0.6 is 0 Å². The molecule has 3 aromatic rings. The monoisotopic (exact) mass is 511 g/mol. The predicted molar refractivity (Wildman–Crippen MR) is 132 cm³/mol. The van der Waals surface area contributed by atoms with Gasteiger partial charge in [-0.15, -0.1) is 0 Å². The van der Waals surface area contributed by atoms with Crippen molar-refractivity contribution in [1.82, 2.24) is 14.5 Å². The number of halogens is 3. The fourth-order valence-corrected chi connectivity index (χ4v) is 5.40. The number of methoxy groups -OCH3 is 1. The van der Waals surface area contributed by atoms with Gasteiger partial charge in [0.2, 0.25) is 0 Å². The van der Waals surface area contributed by atoms with E-state index in [0.29, 0.717) is 37.0 Å². The summed E-state index contributed by atoms with van der Waals surface area (Å²) in [6.45, 7) is 1.90. The third-order valence-corrected chi connectivity index (χ3v) is 7.24. The third kappa shape index (κ3) is 4.87. The van der Waals surface area contributed by atoms with Crippen LogP contribution in [-0.2, 0) is 4.79 Å². The SMILES string of the molecule is COc1cc(/C=C2\CCC3CC[C@H](O)C[C@H](c4cc(F)c(F)c(F)c4)N3C2=O)ccc1-n1cnc(C)c1. The lowest BCUT2D eigenvalue weighted by Gasteiger charge is -2.41. The van der Waals surface area contributed by atoms with E-state index in [2.05, 4.69) is 4.98 Å². The fraction of sp³-hybridized carbons (Fsp3) is 0.357. The highest BCUT2D eigenvalue weighted by Crippen LogP contribution is 2.40. The molecule has 6 nitrogen and oxygen atoms in total. The molecule has 3 atom stereocenters. The molecule has 2 saturated heterocycles. The number of carbonyl (C=O) groups excluding carboxylic acids is 1. The van der Waals surface area contributed by atoms with E-state index in [1.807, 2.05) is 35.9 Å². The normalized spacial score (nSPS) is 23.2. The van der Waals surface area contributed by atoms with Crippen molar-refractivity contribution in [3.8, 4) is 11.4 Å². The Morgan fingerprint density at radius 3 is 2.54 bits per heavy atom. The Balaban J connectivity index is 1.49. The number of nitrogens with zero attached hydrogens (tertiary/aromatic N) is 3. The molecule has 9 heteroatoms. The van der Waals surface area contributed by atoms with Gasteiger partial charge >= 0.3 is 0 Å². The van der Waals surface area contributed by atoms with E-state index in [9.17, 15) is 23.1 Å². The molecule has 0 saturated carbocycles. The second-order valence-electron chi connectivity index (χ2n) is 9.71. The van der Waals surface area contributed by atoms with Crippen LogP contribution in [0.3, 0.4) is 0 Å². The van der Waals surface area contributed by atoms with Crippen molar-refractivity contribution in [2.75, 3.05) is 7.11 Å². The first kappa shape index (κ1) is 25.1. The van der Waals surface area contributed by atoms with Crippen LogP contribution in [0, 0.1) is 24.4 Å². The summed E-state index contributed by atoms with van der Waals surface area (Å²) >= 11 is 0. The average molecular weight is 512 g/mol. The molecule has 0 radical (unpaired) electrons. The number of aromatic nitrogens is 2. The molecule has 2 aromatic carbocycles. The first-order chi connectivity index (χ1) is 17.7. The molecule has 3 heterocycles. The Morgan fingerprint density at radius 1 is 1.11 bits per heavy atom. The lowest BCUT2D eigenvalue weighted by Crippen LogP contribution is -2.46. The van der Waals surface area contributed by atoms with Crippen LogP contribution in [0.2, 0.25) is 0 Å². The largest absolute Gasteiger partial charge is 0.495 e. The van der Waals surface area contributed by atoms with Gasteiger partial charge in [-0.05, 0) is 80.5 Å². The minimum atomic E-state index is -1.55. The van der Waals surface area contributed by atoms with Gasteiger partial charge in [0.15, 0.2) is 17.5 Å². The highest BCUT2D eigenvalue weighted by atomic mass is 19.2. The summed E-state index contributed by atoms with van der Waals surface area (Å²) in [7, 11) is 1.57. The highest BCUT2D eigenvalue weighted by Gasteiger charge is 2.40. The standard InChI is InChI=1S/C28H28F3N3O3/c1-16-14-33(15-32-16)24-8-3-17(10-26(24)37-2)9-18-4-5-20-6-7-21(35)13-25(34(20)28(18)36)19-11-22(29)27(31)23(30)12-19/h3,8-12,14-15,20-21,25,35H,4-7,13H2,1-2H3/b18-9+/t20?,21-,25+/m0/s1. The number of aliphatic hydroxyl groups excluding tert-OH is 1. The van der Waals surface area contributed by atoms with Gasteiger partial charge in [0.1, 0.15) is 5.75 Å². The highest BCUT2D eigenvalue weighted by molar-refractivity contribution is 5.99. The molecule has 0 spiro atoms. The lowest BCUT2D eigenvalue weighted by molar-refractivity contribution is -0.134. The van der Waals surface area contributed by atoms with Gasteiger partial charge in [-0.25, -0.2) is 18.2 Å². The van der Waals surface area contributed by atoms with E-state index < -0.39 is 29.6 Å². The topological polar surface area (TPSA) is 67.6 Å². The van der Waals surface area contributed by atoms with Gasteiger partial charge in [-0.1, -0.05) is 6.07 Å². The summed E-state index contributed by atoms with van der Waals surface area (Å²) in [5, 5.41) is 10.5.